The van der Waals surface area contributed by atoms with Crippen molar-refractivity contribution in [1.82, 2.24) is 15.0 Å². The molecule has 3 aromatic rings. The maximum Gasteiger partial charge on any atom is 0.244 e. The quantitative estimate of drug-likeness (QED) is 0.643. The second kappa shape index (κ2) is 7.71. The highest BCUT2D eigenvalue weighted by molar-refractivity contribution is 7.89. The fourth-order valence-electron chi connectivity index (χ4n) is 2.46. The lowest BCUT2D eigenvalue weighted by molar-refractivity contribution is 0.374. The molecule has 9 heteroatoms. The van der Waals surface area contributed by atoms with Gasteiger partial charge in [0.15, 0.2) is 11.5 Å². The SMILES string of the molecule is CCCc1cc(CNS(=O)(=O)c2cc(-c3ccno3)ccc2OC)on1. The first-order valence-electron chi connectivity index (χ1n) is 8.06. The molecule has 0 saturated carbocycles. The van der Waals surface area contributed by atoms with Crippen LogP contribution in [0.3, 0.4) is 0 Å². The predicted molar refractivity (Wildman–Crippen MR) is 93.0 cm³/mol. The van der Waals surface area contributed by atoms with Gasteiger partial charge in [0.25, 0.3) is 0 Å². The van der Waals surface area contributed by atoms with Crippen molar-refractivity contribution in [1.29, 1.82) is 0 Å². The summed E-state index contributed by atoms with van der Waals surface area (Å²) in [4.78, 5) is 0.00203. The molecule has 2 heterocycles. The summed E-state index contributed by atoms with van der Waals surface area (Å²) < 4.78 is 43.4. The van der Waals surface area contributed by atoms with Gasteiger partial charge in [-0.25, -0.2) is 13.1 Å². The molecule has 0 unspecified atom stereocenters. The summed E-state index contributed by atoms with van der Waals surface area (Å²) in [5.74, 6) is 1.14. The Morgan fingerprint density at radius 3 is 2.73 bits per heavy atom. The number of nitrogens with one attached hydrogen (secondary N) is 1. The van der Waals surface area contributed by atoms with Crippen molar-refractivity contribution < 1.29 is 22.2 Å². The van der Waals surface area contributed by atoms with E-state index in [-0.39, 0.29) is 17.2 Å². The average Bonchev–Trinajstić information content (AvgIpc) is 3.32. The van der Waals surface area contributed by atoms with Crippen LogP contribution in [0.4, 0.5) is 0 Å². The van der Waals surface area contributed by atoms with Crippen LogP contribution < -0.4 is 9.46 Å². The summed E-state index contributed by atoms with van der Waals surface area (Å²) in [6.07, 6.45) is 3.20. The van der Waals surface area contributed by atoms with E-state index in [0.717, 1.165) is 18.5 Å². The van der Waals surface area contributed by atoms with Gasteiger partial charge in [-0.1, -0.05) is 23.7 Å². The van der Waals surface area contributed by atoms with E-state index >= 15 is 0 Å². The first-order chi connectivity index (χ1) is 12.5. The molecule has 2 aromatic heterocycles. The van der Waals surface area contributed by atoms with Crippen LogP contribution in [0.2, 0.25) is 0 Å². The van der Waals surface area contributed by atoms with Crippen LogP contribution in [0, 0.1) is 0 Å². The van der Waals surface area contributed by atoms with E-state index in [4.69, 9.17) is 13.8 Å². The highest BCUT2D eigenvalue weighted by atomic mass is 32.2. The fourth-order valence-corrected chi connectivity index (χ4v) is 3.65. The van der Waals surface area contributed by atoms with Crippen molar-refractivity contribution in [3.63, 3.8) is 0 Å². The van der Waals surface area contributed by atoms with E-state index in [1.54, 1.807) is 24.3 Å². The smallest absolute Gasteiger partial charge is 0.244 e. The number of methoxy groups -OCH3 is 1. The van der Waals surface area contributed by atoms with Crippen LogP contribution in [-0.4, -0.2) is 25.8 Å². The van der Waals surface area contributed by atoms with Gasteiger partial charge in [-0.15, -0.1) is 0 Å². The Bertz CT molecular complexity index is 964. The minimum atomic E-state index is -3.84. The van der Waals surface area contributed by atoms with E-state index < -0.39 is 10.0 Å². The molecular weight excluding hydrogens is 358 g/mol. The van der Waals surface area contributed by atoms with Crippen molar-refractivity contribution in [3.05, 3.63) is 48.0 Å². The van der Waals surface area contributed by atoms with Gasteiger partial charge in [-0.05, 0) is 24.6 Å². The third-order valence-corrected chi connectivity index (χ3v) is 5.15. The molecule has 0 amide bonds. The Kier molecular flexibility index (Phi) is 5.38. The largest absolute Gasteiger partial charge is 0.495 e. The zero-order chi connectivity index (χ0) is 18.6. The first-order valence-corrected chi connectivity index (χ1v) is 9.55. The number of nitrogens with zero attached hydrogens (tertiary/aromatic N) is 2. The normalized spacial score (nSPS) is 11.6. The summed E-state index contributed by atoms with van der Waals surface area (Å²) in [6.45, 7) is 2.03. The molecular formula is C17H19N3O5S. The maximum atomic E-state index is 12.7. The highest BCUT2D eigenvalue weighted by Crippen LogP contribution is 2.29. The minimum Gasteiger partial charge on any atom is -0.495 e. The Labute approximate surface area is 151 Å². The van der Waals surface area contributed by atoms with Crippen molar-refractivity contribution in [3.8, 4) is 17.1 Å². The molecule has 8 nitrogen and oxygen atoms in total. The molecule has 0 atom stereocenters. The molecule has 0 bridgehead atoms. The van der Waals surface area contributed by atoms with Gasteiger partial charge in [-0.2, -0.15) is 0 Å². The number of sulfonamides is 1. The van der Waals surface area contributed by atoms with Gasteiger partial charge in [0.1, 0.15) is 10.6 Å². The van der Waals surface area contributed by atoms with E-state index in [2.05, 4.69) is 15.0 Å². The number of hydrogen-bond acceptors (Lipinski definition) is 7. The topological polar surface area (TPSA) is 107 Å². The van der Waals surface area contributed by atoms with Crippen LogP contribution in [0.1, 0.15) is 24.8 Å². The molecule has 0 fully saturated rings. The highest BCUT2D eigenvalue weighted by Gasteiger charge is 2.21. The van der Waals surface area contributed by atoms with Crippen LogP contribution in [0.25, 0.3) is 11.3 Å². The van der Waals surface area contributed by atoms with Crippen LogP contribution in [-0.2, 0) is 23.0 Å². The van der Waals surface area contributed by atoms with Gasteiger partial charge < -0.3 is 13.8 Å². The predicted octanol–water partition coefficient (Wildman–Crippen LogP) is 2.77. The molecule has 0 spiro atoms. The van der Waals surface area contributed by atoms with E-state index in [0.29, 0.717) is 17.1 Å². The number of hydrogen-bond donors (Lipinski definition) is 1. The molecule has 1 N–H and O–H groups in total. The lowest BCUT2D eigenvalue weighted by Crippen LogP contribution is -2.23. The average molecular weight is 377 g/mol. The lowest BCUT2D eigenvalue weighted by Gasteiger charge is -2.11. The molecule has 3 rings (SSSR count). The van der Waals surface area contributed by atoms with E-state index in [1.807, 2.05) is 6.92 Å². The summed E-state index contributed by atoms with van der Waals surface area (Å²) in [6, 6.07) is 8.14. The van der Waals surface area contributed by atoms with Crippen molar-refractivity contribution in [2.75, 3.05) is 7.11 Å². The Balaban J connectivity index is 1.84. The van der Waals surface area contributed by atoms with E-state index in [9.17, 15) is 8.42 Å². The van der Waals surface area contributed by atoms with Crippen LogP contribution in [0.15, 0.2) is 50.5 Å². The molecule has 138 valence electrons. The van der Waals surface area contributed by atoms with Gasteiger partial charge >= 0.3 is 0 Å². The summed E-state index contributed by atoms with van der Waals surface area (Å²) in [5, 5.41) is 7.54. The maximum absolute atomic E-state index is 12.7. The third-order valence-electron chi connectivity index (χ3n) is 3.73. The molecule has 0 aliphatic heterocycles. The van der Waals surface area contributed by atoms with E-state index in [1.165, 1.54) is 19.4 Å². The van der Waals surface area contributed by atoms with Crippen molar-refractivity contribution in [2.45, 2.75) is 31.2 Å². The number of rotatable bonds is 8. The van der Waals surface area contributed by atoms with Gasteiger partial charge in [0.2, 0.25) is 10.0 Å². The number of aromatic nitrogens is 2. The zero-order valence-corrected chi connectivity index (χ0v) is 15.2. The molecule has 0 radical (unpaired) electrons. The van der Waals surface area contributed by atoms with Crippen LogP contribution >= 0.6 is 0 Å². The fraction of sp³-hybridized carbons (Fsp3) is 0.294. The van der Waals surface area contributed by atoms with Crippen molar-refractivity contribution in [2.24, 2.45) is 0 Å². The number of aryl methyl sites for hydroxylation is 1. The molecule has 1 aromatic carbocycles. The summed E-state index contributed by atoms with van der Waals surface area (Å²) >= 11 is 0. The second-order valence-corrected chi connectivity index (χ2v) is 7.34. The second-order valence-electron chi connectivity index (χ2n) is 5.60. The Morgan fingerprint density at radius 1 is 1.19 bits per heavy atom. The van der Waals surface area contributed by atoms with Gasteiger partial charge in [0, 0.05) is 17.7 Å². The number of ether oxygens (including phenoxy) is 1. The lowest BCUT2D eigenvalue weighted by atomic mass is 10.2. The molecule has 0 saturated heterocycles. The Hall–Kier alpha value is -2.65. The molecule has 26 heavy (non-hydrogen) atoms. The first kappa shape index (κ1) is 18.2. The minimum absolute atomic E-state index is 0.00203. The number of benzene rings is 1. The third kappa shape index (κ3) is 3.94. The summed E-state index contributed by atoms with van der Waals surface area (Å²) in [5.41, 5.74) is 1.38. The molecule has 0 aliphatic rings. The van der Waals surface area contributed by atoms with Crippen molar-refractivity contribution >= 4 is 10.0 Å². The Morgan fingerprint density at radius 2 is 2.04 bits per heavy atom. The van der Waals surface area contributed by atoms with Gasteiger partial charge in [0.05, 0.1) is 25.5 Å². The van der Waals surface area contributed by atoms with Crippen LogP contribution in [0.5, 0.6) is 5.75 Å². The monoisotopic (exact) mass is 377 g/mol. The van der Waals surface area contributed by atoms with Gasteiger partial charge in [-0.3, -0.25) is 0 Å². The standard InChI is InChI=1S/C17H19N3O5S/c1-3-4-13-10-14(24-20-13)11-19-26(21,22)17-9-12(5-6-16(17)23-2)15-7-8-18-25-15/h5-10,19H,3-4,11H2,1-2H3. The zero-order valence-electron chi connectivity index (χ0n) is 14.4. The molecule has 0 aliphatic carbocycles. The summed E-state index contributed by atoms with van der Waals surface area (Å²) in [7, 11) is -2.43.